The van der Waals surface area contributed by atoms with E-state index in [1.807, 2.05) is 0 Å². The van der Waals surface area contributed by atoms with Crippen LogP contribution < -0.4 is 0 Å². The van der Waals surface area contributed by atoms with Crippen molar-refractivity contribution in [3.05, 3.63) is 0 Å². The van der Waals surface area contributed by atoms with E-state index in [1.165, 1.54) is 21.3 Å². The van der Waals surface area contributed by atoms with Gasteiger partial charge in [0.2, 0.25) is 10.5 Å². The van der Waals surface area contributed by atoms with Gasteiger partial charge in [0.25, 0.3) is 0 Å². The van der Waals surface area contributed by atoms with Crippen molar-refractivity contribution in [3.63, 3.8) is 0 Å². The van der Waals surface area contributed by atoms with Crippen molar-refractivity contribution >= 4 is 57.9 Å². The van der Waals surface area contributed by atoms with Gasteiger partial charge in [-0.25, -0.2) is 0 Å². The Kier molecular flexibility index (Phi) is 6.90. The molecule has 0 aromatic heterocycles. The van der Waals surface area contributed by atoms with Gasteiger partial charge in [0.05, 0.1) is 0 Å². The van der Waals surface area contributed by atoms with Crippen LogP contribution in [0, 0.1) is 0 Å². The average Bonchev–Trinajstić information content (AvgIpc) is 1.72. The van der Waals surface area contributed by atoms with E-state index in [9.17, 15) is 0 Å². The van der Waals surface area contributed by atoms with Crippen LogP contribution in [0.5, 0.6) is 0 Å². The summed E-state index contributed by atoms with van der Waals surface area (Å²) in [5, 5.41) is 0. The molecule has 7 heteroatoms. The fourth-order valence-electron chi connectivity index (χ4n) is 0.0625. The van der Waals surface area contributed by atoms with Crippen molar-refractivity contribution in [2.45, 2.75) is 0 Å². The maximum Gasteiger partial charge on any atom is 0.333 e. The van der Waals surface area contributed by atoms with Crippen molar-refractivity contribution in [1.82, 2.24) is 0 Å². The Labute approximate surface area is 62.0 Å². The van der Waals surface area contributed by atoms with Crippen molar-refractivity contribution < 1.29 is 4.12 Å². The summed E-state index contributed by atoms with van der Waals surface area (Å²) in [6.07, 6.45) is 0. The molecule has 0 aromatic carbocycles. The summed E-state index contributed by atoms with van der Waals surface area (Å²) in [7, 11) is 11.6. The third-order valence-electron chi connectivity index (χ3n) is 0.250. The summed E-state index contributed by atoms with van der Waals surface area (Å²) in [5.74, 6) is 0. The minimum Gasteiger partial charge on any atom is -0.441 e. The quantitative estimate of drug-likeness (QED) is 0.569. The molecule has 0 amide bonds. The van der Waals surface area contributed by atoms with Gasteiger partial charge < -0.3 is 4.12 Å². The van der Waals surface area contributed by atoms with Crippen LogP contribution in [-0.4, -0.2) is 36.6 Å². The monoisotopic (exact) mass is 192 g/mol. The fourth-order valence-corrected chi connectivity index (χ4v) is 8.44. The lowest BCUT2D eigenvalue weighted by Crippen LogP contribution is -2.05. The molecule has 0 aliphatic carbocycles. The Morgan fingerprint density at radius 1 is 1.29 bits per heavy atom. The largest absolute Gasteiger partial charge is 0.441 e. The fraction of sp³-hybridized carbons (Fsp3) is 0. The smallest absolute Gasteiger partial charge is 0.333 e. The van der Waals surface area contributed by atoms with Crippen LogP contribution >= 0.6 is 21.3 Å². The maximum atomic E-state index is 4.78. The van der Waals surface area contributed by atoms with Crippen molar-refractivity contribution in [2.24, 2.45) is 0 Å². The predicted octanol–water partition coefficient (Wildman–Crippen LogP) is -0.295. The van der Waals surface area contributed by atoms with Gasteiger partial charge in [0.1, 0.15) is 18.8 Å². The summed E-state index contributed by atoms with van der Waals surface area (Å²) >= 11 is 0. The Morgan fingerprint density at radius 3 is 1.71 bits per heavy atom. The third kappa shape index (κ3) is 4.06. The van der Waals surface area contributed by atoms with Gasteiger partial charge >= 0.3 is 7.34 Å². The maximum absolute atomic E-state index is 4.78. The molecule has 0 N–H and O–H groups in total. The van der Waals surface area contributed by atoms with Crippen LogP contribution in [0.1, 0.15) is 0 Å². The first-order valence-electron chi connectivity index (χ1n) is 1.22. The highest BCUT2D eigenvalue weighted by atomic mass is 32.7. The molecule has 1 nitrogen and oxygen atoms in total. The van der Waals surface area contributed by atoms with Gasteiger partial charge in [0.15, 0.2) is 0 Å². The van der Waals surface area contributed by atoms with Crippen LogP contribution in [-0.2, 0) is 4.12 Å². The molecular formula is OS2Si4. The van der Waals surface area contributed by atoms with Gasteiger partial charge in [-0.05, 0) is 0 Å². The zero-order valence-electron chi connectivity index (χ0n) is 3.22. The number of hydrogen-bond donors (Lipinski definition) is 0. The SMILES string of the molecule is [Si]O[Si](S[Si])S[Si]. The number of hydrogen-bond acceptors (Lipinski definition) is 3. The molecule has 7 heavy (non-hydrogen) atoms. The van der Waals surface area contributed by atoms with Crippen LogP contribution in [0.3, 0.4) is 0 Å². The molecule has 0 heterocycles. The molecule has 0 spiro atoms. The van der Waals surface area contributed by atoms with Gasteiger partial charge in [0, 0.05) is 0 Å². The van der Waals surface area contributed by atoms with Gasteiger partial charge in [-0.2, -0.15) is 21.3 Å². The summed E-state index contributed by atoms with van der Waals surface area (Å²) < 4.78 is 4.78. The van der Waals surface area contributed by atoms with E-state index >= 15 is 0 Å². The highest BCUT2D eigenvalue weighted by Crippen LogP contribution is 2.10. The van der Waals surface area contributed by atoms with Gasteiger partial charge in [-0.3, -0.25) is 0 Å². The lowest BCUT2D eigenvalue weighted by molar-refractivity contribution is 0.679. The van der Waals surface area contributed by atoms with E-state index in [2.05, 4.69) is 29.3 Å². The minimum absolute atomic E-state index is 0.789. The van der Waals surface area contributed by atoms with E-state index in [-0.39, 0.29) is 0 Å². The molecule has 0 aromatic rings. The third-order valence-corrected chi connectivity index (χ3v) is 11.2. The van der Waals surface area contributed by atoms with Crippen molar-refractivity contribution in [2.75, 3.05) is 0 Å². The van der Waals surface area contributed by atoms with Crippen LogP contribution in [0.4, 0.5) is 0 Å². The summed E-state index contributed by atoms with van der Waals surface area (Å²) in [6, 6.07) is 0. The lowest BCUT2D eigenvalue weighted by atomic mass is 15.8. The second-order valence-electron chi connectivity index (χ2n) is 0.556. The molecule has 0 bridgehead atoms. The molecule has 0 aliphatic rings. The normalized spacial score (nSPS) is 10.3. The highest BCUT2D eigenvalue weighted by Gasteiger charge is 2.04. The van der Waals surface area contributed by atoms with Gasteiger partial charge in [-0.1, -0.05) is 0 Å². The zero-order valence-corrected chi connectivity index (χ0v) is 8.86. The van der Waals surface area contributed by atoms with Crippen LogP contribution in [0.2, 0.25) is 0 Å². The lowest BCUT2D eigenvalue weighted by Gasteiger charge is -2.01. The molecule has 34 valence electrons. The van der Waals surface area contributed by atoms with E-state index < -0.39 is 7.34 Å². The summed E-state index contributed by atoms with van der Waals surface area (Å²) in [5.41, 5.74) is 0. The van der Waals surface area contributed by atoms with Crippen LogP contribution in [0.25, 0.3) is 0 Å². The van der Waals surface area contributed by atoms with Crippen LogP contribution in [0.15, 0.2) is 0 Å². The Morgan fingerprint density at radius 2 is 1.71 bits per heavy atom. The molecular weight excluding hydrogens is 192 g/mol. The molecule has 0 rings (SSSR count). The van der Waals surface area contributed by atoms with Crippen molar-refractivity contribution in [3.8, 4) is 0 Å². The molecule has 10 radical (unpaired) electrons. The predicted molar refractivity (Wildman–Crippen MR) is 39.3 cm³/mol. The van der Waals surface area contributed by atoms with E-state index in [4.69, 9.17) is 4.12 Å². The molecule has 0 fully saturated rings. The standard InChI is InChI=1S/OS2Si4/c4-1-7(2-5)3-6. The Hall–Kier alpha value is 1.53. The number of rotatable bonds is 3. The first-order chi connectivity index (χ1) is 3.35. The molecule has 0 aliphatic heterocycles. The second kappa shape index (κ2) is 5.66. The Balaban J connectivity index is 2.99. The second-order valence-corrected chi connectivity index (χ2v) is 10.2. The van der Waals surface area contributed by atoms with Gasteiger partial charge in [-0.15, -0.1) is 0 Å². The minimum atomic E-state index is -0.789. The first kappa shape index (κ1) is 8.53. The van der Waals surface area contributed by atoms with E-state index in [0.29, 0.717) is 0 Å². The van der Waals surface area contributed by atoms with E-state index in [1.54, 1.807) is 0 Å². The Bertz CT molecular complexity index is 31.2. The summed E-state index contributed by atoms with van der Waals surface area (Å²) in [6.45, 7) is 0. The summed E-state index contributed by atoms with van der Waals surface area (Å²) in [4.78, 5) is 0. The molecule has 0 saturated carbocycles. The zero-order chi connectivity index (χ0) is 5.70. The molecule has 0 unspecified atom stereocenters. The average molecular weight is 192 g/mol. The van der Waals surface area contributed by atoms with Crippen molar-refractivity contribution in [1.29, 1.82) is 0 Å². The molecule has 0 atom stereocenters. The molecule has 0 saturated heterocycles. The first-order valence-corrected chi connectivity index (χ1v) is 8.57. The highest BCUT2D eigenvalue weighted by molar-refractivity contribution is 8.66. The topological polar surface area (TPSA) is 9.23 Å². The van der Waals surface area contributed by atoms with E-state index in [0.717, 1.165) is 0 Å².